The zero-order valence-corrected chi connectivity index (χ0v) is 18.9. The van der Waals surface area contributed by atoms with E-state index < -0.39 is 0 Å². The molecule has 0 spiro atoms. The summed E-state index contributed by atoms with van der Waals surface area (Å²) in [6.45, 7) is 1.84. The van der Waals surface area contributed by atoms with E-state index >= 15 is 0 Å². The highest BCUT2D eigenvalue weighted by molar-refractivity contribution is 5.95. The molecule has 6 heteroatoms. The van der Waals surface area contributed by atoms with Crippen molar-refractivity contribution < 1.29 is 14.3 Å². The fourth-order valence-corrected chi connectivity index (χ4v) is 3.86. The highest BCUT2D eigenvalue weighted by atomic mass is 16.5. The monoisotopic (exact) mass is 450 g/mol. The van der Waals surface area contributed by atoms with Crippen LogP contribution in [0.25, 0.3) is 0 Å². The Kier molecular flexibility index (Phi) is 7.10. The van der Waals surface area contributed by atoms with Crippen molar-refractivity contribution >= 4 is 5.91 Å². The summed E-state index contributed by atoms with van der Waals surface area (Å²) in [5.74, 6) is 1.80. The number of aryl methyl sites for hydroxylation is 1. The van der Waals surface area contributed by atoms with Crippen molar-refractivity contribution in [1.82, 2.24) is 5.32 Å². The number of hydrogen-bond acceptors (Lipinski definition) is 5. The summed E-state index contributed by atoms with van der Waals surface area (Å²) in [7, 11) is 0. The van der Waals surface area contributed by atoms with Crippen molar-refractivity contribution in [2.75, 3.05) is 0 Å². The number of nitrogens with one attached hydrogen (secondary N) is 1. The van der Waals surface area contributed by atoms with E-state index in [1.165, 1.54) is 0 Å². The predicted molar refractivity (Wildman–Crippen MR) is 128 cm³/mol. The molecule has 1 aliphatic rings. The Morgan fingerprint density at radius 3 is 2.12 bits per heavy atom. The van der Waals surface area contributed by atoms with Crippen molar-refractivity contribution in [3.05, 3.63) is 89.3 Å². The number of ether oxygens (including phenoxy) is 2. The van der Waals surface area contributed by atoms with Gasteiger partial charge < -0.3 is 14.8 Å². The quantitative estimate of drug-likeness (QED) is 0.482. The van der Waals surface area contributed by atoms with Crippen LogP contribution < -0.4 is 14.8 Å². The molecular weight excluding hydrogens is 426 g/mol. The first-order valence-corrected chi connectivity index (χ1v) is 11.2. The van der Waals surface area contributed by atoms with E-state index in [1.54, 1.807) is 60.7 Å². The van der Waals surface area contributed by atoms with Gasteiger partial charge in [0.25, 0.3) is 5.91 Å². The molecule has 1 radical (unpaired) electrons. The Balaban J connectivity index is 1.61. The molecule has 0 unspecified atom stereocenters. The molecule has 0 aromatic heterocycles. The molecule has 1 amide bonds. The van der Waals surface area contributed by atoms with E-state index in [-0.39, 0.29) is 11.9 Å². The van der Waals surface area contributed by atoms with Crippen LogP contribution in [0.2, 0.25) is 0 Å². The fraction of sp³-hybridized carbons (Fsp3) is 0.214. The maximum Gasteiger partial charge on any atom is 0.251 e. The predicted octanol–water partition coefficient (Wildman–Crippen LogP) is 6.20. The normalized spacial score (nSPS) is 13.4. The molecule has 4 rings (SSSR count). The lowest BCUT2D eigenvalue weighted by molar-refractivity contribution is 0.0929. The molecule has 0 atom stereocenters. The van der Waals surface area contributed by atoms with E-state index in [9.17, 15) is 4.79 Å². The second-order valence-corrected chi connectivity index (χ2v) is 8.24. The van der Waals surface area contributed by atoms with Crippen molar-refractivity contribution in [2.45, 2.75) is 38.6 Å². The molecule has 0 saturated heterocycles. The van der Waals surface area contributed by atoms with Crippen molar-refractivity contribution in [3.8, 4) is 35.1 Å². The van der Waals surface area contributed by atoms with Crippen LogP contribution >= 0.6 is 0 Å². The van der Waals surface area contributed by atoms with Gasteiger partial charge in [-0.25, -0.2) is 0 Å². The second kappa shape index (κ2) is 10.6. The number of rotatable bonds is 6. The van der Waals surface area contributed by atoms with E-state index in [2.05, 4.69) is 23.9 Å². The lowest BCUT2D eigenvalue weighted by Gasteiger charge is -2.23. The molecule has 169 valence electrons. The zero-order valence-electron chi connectivity index (χ0n) is 18.9. The van der Waals surface area contributed by atoms with E-state index in [1.807, 2.05) is 6.92 Å². The molecule has 1 fully saturated rings. The third-order valence-corrected chi connectivity index (χ3v) is 5.69. The number of benzene rings is 3. The van der Waals surface area contributed by atoms with Crippen LogP contribution in [-0.4, -0.2) is 11.9 Å². The molecule has 6 nitrogen and oxygen atoms in total. The van der Waals surface area contributed by atoms with Gasteiger partial charge in [0.05, 0.1) is 23.3 Å². The Morgan fingerprint density at radius 2 is 1.50 bits per heavy atom. The Hall–Kier alpha value is -4.29. The van der Waals surface area contributed by atoms with Crippen LogP contribution in [0, 0.1) is 36.0 Å². The summed E-state index contributed by atoms with van der Waals surface area (Å²) in [5.41, 5.74) is 2.35. The van der Waals surface area contributed by atoms with Crippen LogP contribution in [0.1, 0.15) is 52.7 Å². The summed E-state index contributed by atoms with van der Waals surface area (Å²) in [5, 5.41) is 21.3. The SMILES string of the molecule is Cc1cc(Oc2cc(Oc3ccc(C#N)cc3)cc(C(=O)NC3CC[CH]CC3)c2)ccc1C#N. The minimum absolute atomic E-state index is 0.145. The van der Waals surface area contributed by atoms with Gasteiger partial charge >= 0.3 is 0 Å². The highest BCUT2D eigenvalue weighted by Gasteiger charge is 2.18. The highest BCUT2D eigenvalue weighted by Crippen LogP contribution is 2.31. The standard InChI is InChI=1S/C28H24N3O3/c1-19-13-25(12-9-21(19)18-30)34-27-15-22(28(32)31-23-5-3-2-4-6-23)14-26(16-27)33-24-10-7-20(17-29)8-11-24/h2,7-16,23H,3-6H2,1H3,(H,31,32). The first-order valence-electron chi connectivity index (χ1n) is 11.2. The van der Waals surface area contributed by atoms with Crippen molar-refractivity contribution in [3.63, 3.8) is 0 Å². The number of nitrogens with zero attached hydrogens (tertiary/aromatic N) is 2. The summed E-state index contributed by atoms with van der Waals surface area (Å²) in [6, 6.07) is 21.4. The molecule has 3 aromatic carbocycles. The second-order valence-electron chi connectivity index (χ2n) is 8.24. The topological polar surface area (TPSA) is 95.1 Å². The molecule has 3 aromatic rings. The van der Waals surface area contributed by atoms with Crippen LogP contribution in [0.4, 0.5) is 0 Å². The summed E-state index contributed by atoms with van der Waals surface area (Å²) in [6.07, 6.45) is 6.11. The van der Waals surface area contributed by atoms with Gasteiger partial charge in [0, 0.05) is 17.7 Å². The number of carbonyl (C=O) groups is 1. The van der Waals surface area contributed by atoms with Crippen LogP contribution in [0.15, 0.2) is 60.7 Å². The van der Waals surface area contributed by atoms with Crippen molar-refractivity contribution in [1.29, 1.82) is 10.5 Å². The minimum atomic E-state index is -0.182. The minimum Gasteiger partial charge on any atom is -0.457 e. The maximum absolute atomic E-state index is 13.0. The number of amides is 1. The first-order chi connectivity index (χ1) is 16.5. The third-order valence-electron chi connectivity index (χ3n) is 5.69. The molecule has 0 bridgehead atoms. The van der Waals surface area contributed by atoms with Crippen LogP contribution in [0.3, 0.4) is 0 Å². The van der Waals surface area contributed by atoms with Crippen molar-refractivity contribution in [2.24, 2.45) is 0 Å². The maximum atomic E-state index is 13.0. The summed E-state index contributed by atoms with van der Waals surface area (Å²) < 4.78 is 12.0. The average molecular weight is 451 g/mol. The van der Waals surface area contributed by atoms with Crippen LogP contribution in [0.5, 0.6) is 23.0 Å². The van der Waals surface area contributed by atoms with Gasteiger partial charge in [0.15, 0.2) is 0 Å². The van der Waals surface area contributed by atoms with E-state index in [0.717, 1.165) is 31.2 Å². The molecule has 34 heavy (non-hydrogen) atoms. The lowest BCUT2D eigenvalue weighted by Crippen LogP contribution is -2.36. The molecule has 0 heterocycles. The van der Waals surface area contributed by atoms with Gasteiger partial charge in [-0.05, 0) is 99.2 Å². The van der Waals surface area contributed by atoms with E-state index in [4.69, 9.17) is 20.0 Å². The molecule has 1 N–H and O–H groups in total. The number of hydrogen-bond donors (Lipinski definition) is 1. The number of nitriles is 2. The van der Waals surface area contributed by atoms with E-state index in [0.29, 0.717) is 39.7 Å². The smallest absolute Gasteiger partial charge is 0.251 e. The van der Waals surface area contributed by atoms with Gasteiger partial charge in [-0.2, -0.15) is 10.5 Å². The average Bonchev–Trinajstić information content (AvgIpc) is 2.85. The Labute approximate surface area is 199 Å². The summed E-state index contributed by atoms with van der Waals surface area (Å²) in [4.78, 5) is 13.0. The molecule has 1 saturated carbocycles. The third kappa shape index (κ3) is 5.74. The molecule has 0 aliphatic heterocycles. The largest absolute Gasteiger partial charge is 0.457 e. The Morgan fingerprint density at radius 1 is 0.853 bits per heavy atom. The first kappa shape index (κ1) is 22.9. The van der Waals surface area contributed by atoms with Gasteiger partial charge in [0.2, 0.25) is 0 Å². The number of carbonyl (C=O) groups excluding carboxylic acids is 1. The molecule has 1 aliphatic carbocycles. The summed E-state index contributed by atoms with van der Waals surface area (Å²) >= 11 is 0. The molecular formula is C28H24N3O3. The van der Waals surface area contributed by atoms with Gasteiger partial charge in [-0.15, -0.1) is 0 Å². The Bertz CT molecular complexity index is 1260. The van der Waals surface area contributed by atoms with Gasteiger partial charge in [0.1, 0.15) is 23.0 Å². The zero-order chi connectivity index (χ0) is 23.9. The van der Waals surface area contributed by atoms with Gasteiger partial charge in [-0.3, -0.25) is 4.79 Å². The lowest BCUT2D eigenvalue weighted by atomic mass is 9.95. The fourth-order valence-electron chi connectivity index (χ4n) is 3.86. The van der Waals surface area contributed by atoms with Gasteiger partial charge in [-0.1, -0.05) is 0 Å². The van der Waals surface area contributed by atoms with Crippen LogP contribution in [-0.2, 0) is 0 Å².